The van der Waals surface area contributed by atoms with E-state index < -0.39 is 0 Å². The number of aromatic amines is 1. The summed E-state index contributed by atoms with van der Waals surface area (Å²) < 4.78 is 0. The molecule has 5 nitrogen and oxygen atoms in total. The van der Waals surface area contributed by atoms with Crippen LogP contribution in [-0.4, -0.2) is 28.4 Å². The number of nitrogens with zero attached hydrogens (tertiary/aromatic N) is 1. The predicted octanol–water partition coefficient (Wildman–Crippen LogP) is 1.92. The second kappa shape index (κ2) is 6.75. The molecule has 0 fully saturated rings. The number of H-pyrrole nitrogens is 1. The molecule has 0 bridgehead atoms. The molecular weight excluding hydrogens is 278 g/mol. The van der Waals surface area contributed by atoms with Crippen molar-refractivity contribution in [1.29, 1.82) is 0 Å². The first-order chi connectivity index (χ1) is 10.4. The maximum atomic E-state index is 12.3. The number of rotatable bonds is 6. The van der Waals surface area contributed by atoms with Gasteiger partial charge in [0.1, 0.15) is 0 Å². The third kappa shape index (κ3) is 3.95. The van der Waals surface area contributed by atoms with Crippen molar-refractivity contribution in [2.75, 3.05) is 6.54 Å². The van der Waals surface area contributed by atoms with E-state index in [0.717, 1.165) is 16.5 Å². The first-order valence-corrected chi connectivity index (χ1v) is 7.51. The van der Waals surface area contributed by atoms with Crippen molar-refractivity contribution in [2.45, 2.75) is 39.8 Å². The second-order valence-electron chi connectivity index (χ2n) is 5.99. The standard InChI is InChI=1S/C17H23N3O2/c1-11(2)20(7-6-16(18)21)10-14-9-13-5-4-12(3)8-15(13)19-17(14)22/h4-5,8-9,11H,6-7,10H2,1-3H3,(H2,18,21)(H,19,22). The molecule has 0 saturated carbocycles. The Balaban J connectivity index is 2.28. The topological polar surface area (TPSA) is 79.2 Å². The Hall–Kier alpha value is -2.14. The zero-order chi connectivity index (χ0) is 16.3. The molecule has 1 heterocycles. The second-order valence-corrected chi connectivity index (χ2v) is 5.99. The summed E-state index contributed by atoms with van der Waals surface area (Å²) in [4.78, 5) is 28.3. The number of amides is 1. The molecule has 1 amide bonds. The minimum Gasteiger partial charge on any atom is -0.370 e. The third-order valence-corrected chi connectivity index (χ3v) is 3.83. The van der Waals surface area contributed by atoms with Crippen LogP contribution in [0.2, 0.25) is 0 Å². The Morgan fingerprint density at radius 2 is 2.05 bits per heavy atom. The number of carbonyl (C=O) groups excluding carboxylic acids is 1. The van der Waals surface area contributed by atoms with Gasteiger partial charge in [0.15, 0.2) is 0 Å². The van der Waals surface area contributed by atoms with Crippen molar-refractivity contribution in [3.63, 3.8) is 0 Å². The first-order valence-electron chi connectivity index (χ1n) is 7.51. The molecule has 1 aromatic heterocycles. The molecular formula is C17H23N3O2. The number of benzene rings is 1. The molecule has 0 spiro atoms. The van der Waals surface area contributed by atoms with Crippen LogP contribution in [0.1, 0.15) is 31.4 Å². The van der Waals surface area contributed by atoms with Gasteiger partial charge in [-0.1, -0.05) is 12.1 Å². The summed E-state index contributed by atoms with van der Waals surface area (Å²) in [5.74, 6) is -0.325. The Bertz CT molecular complexity index is 734. The minimum atomic E-state index is -0.325. The molecule has 0 aliphatic carbocycles. The van der Waals surface area contributed by atoms with Crippen molar-refractivity contribution < 1.29 is 4.79 Å². The molecule has 1 aromatic carbocycles. The zero-order valence-corrected chi connectivity index (χ0v) is 13.3. The first kappa shape index (κ1) is 16.2. The average molecular weight is 301 g/mol. The van der Waals surface area contributed by atoms with Gasteiger partial charge in [0.2, 0.25) is 5.91 Å². The fraction of sp³-hybridized carbons (Fsp3) is 0.412. The van der Waals surface area contributed by atoms with Crippen LogP contribution in [0.4, 0.5) is 0 Å². The summed E-state index contributed by atoms with van der Waals surface area (Å²) in [5, 5.41) is 1.01. The molecule has 22 heavy (non-hydrogen) atoms. The number of aryl methyl sites for hydroxylation is 1. The highest BCUT2D eigenvalue weighted by Gasteiger charge is 2.14. The lowest BCUT2D eigenvalue weighted by atomic mass is 10.1. The van der Waals surface area contributed by atoms with E-state index in [-0.39, 0.29) is 17.5 Å². The number of fused-ring (bicyclic) bond motifs is 1. The largest absolute Gasteiger partial charge is 0.370 e. The van der Waals surface area contributed by atoms with E-state index in [9.17, 15) is 9.59 Å². The van der Waals surface area contributed by atoms with E-state index >= 15 is 0 Å². The van der Waals surface area contributed by atoms with Crippen LogP contribution in [0.5, 0.6) is 0 Å². The lowest BCUT2D eigenvalue weighted by molar-refractivity contribution is -0.118. The number of pyridine rings is 1. The highest BCUT2D eigenvalue weighted by molar-refractivity contribution is 5.79. The maximum Gasteiger partial charge on any atom is 0.252 e. The van der Waals surface area contributed by atoms with Crippen LogP contribution in [0.25, 0.3) is 10.9 Å². The van der Waals surface area contributed by atoms with Gasteiger partial charge in [-0.2, -0.15) is 0 Å². The molecule has 0 saturated heterocycles. The minimum absolute atomic E-state index is 0.0807. The molecule has 0 radical (unpaired) electrons. The van der Waals surface area contributed by atoms with Crippen molar-refractivity contribution in [3.05, 3.63) is 45.7 Å². The number of primary amides is 1. The molecule has 2 aromatic rings. The van der Waals surface area contributed by atoms with Crippen LogP contribution in [0.3, 0.4) is 0 Å². The summed E-state index contributed by atoms with van der Waals surface area (Å²) in [7, 11) is 0. The molecule has 0 atom stereocenters. The van der Waals surface area contributed by atoms with Crippen LogP contribution >= 0.6 is 0 Å². The number of nitrogens with one attached hydrogen (secondary N) is 1. The Morgan fingerprint density at radius 1 is 1.32 bits per heavy atom. The summed E-state index contributed by atoms with van der Waals surface area (Å²) in [6.07, 6.45) is 0.295. The third-order valence-electron chi connectivity index (χ3n) is 3.83. The van der Waals surface area contributed by atoms with Crippen LogP contribution in [0.15, 0.2) is 29.1 Å². The van der Waals surface area contributed by atoms with Gasteiger partial charge in [-0.05, 0) is 43.9 Å². The van der Waals surface area contributed by atoms with Crippen molar-refractivity contribution >= 4 is 16.8 Å². The van der Waals surface area contributed by atoms with Gasteiger partial charge >= 0.3 is 0 Å². The van der Waals surface area contributed by atoms with Gasteiger partial charge in [-0.3, -0.25) is 14.5 Å². The number of nitrogens with two attached hydrogens (primary N) is 1. The zero-order valence-electron chi connectivity index (χ0n) is 13.3. The smallest absolute Gasteiger partial charge is 0.252 e. The molecule has 0 aliphatic rings. The van der Waals surface area contributed by atoms with E-state index in [1.165, 1.54) is 0 Å². The van der Waals surface area contributed by atoms with E-state index in [4.69, 9.17) is 5.73 Å². The predicted molar refractivity (Wildman–Crippen MR) is 88.7 cm³/mol. The maximum absolute atomic E-state index is 12.3. The van der Waals surface area contributed by atoms with E-state index in [0.29, 0.717) is 25.1 Å². The summed E-state index contributed by atoms with van der Waals surface area (Å²) >= 11 is 0. The summed E-state index contributed by atoms with van der Waals surface area (Å²) in [6, 6.07) is 8.15. The molecule has 2 rings (SSSR count). The lowest BCUT2D eigenvalue weighted by Gasteiger charge is -2.25. The fourth-order valence-corrected chi connectivity index (χ4v) is 2.47. The SMILES string of the molecule is Cc1ccc2cc(CN(CCC(N)=O)C(C)C)c(=O)[nH]c2c1. The number of hydrogen-bond acceptors (Lipinski definition) is 3. The monoisotopic (exact) mass is 301 g/mol. The van der Waals surface area contributed by atoms with Gasteiger partial charge in [0, 0.05) is 36.6 Å². The van der Waals surface area contributed by atoms with Gasteiger partial charge in [-0.15, -0.1) is 0 Å². The Labute approximate surface area is 130 Å². The Morgan fingerprint density at radius 3 is 2.68 bits per heavy atom. The number of aromatic nitrogens is 1. The Kier molecular flexibility index (Phi) is 4.98. The number of hydrogen-bond donors (Lipinski definition) is 2. The molecule has 5 heteroatoms. The normalized spacial score (nSPS) is 11.5. The highest BCUT2D eigenvalue weighted by atomic mass is 16.1. The van der Waals surface area contributed by atoms with E-state index in [1.807, 2.05) is 45.0 Å². The van der Waals surface area contributed by atoms with Crippen LogP contribution in [0, 0.1) is 6.92 Å². The average Bonchev–Trinajstić information content (AvgIpc) is 2.43. The van der Waals surface area contributed by atoms with E-state index in [2.05, 4.69) is 9.88 Å². The van der Waals surface area contributed by atoms with Gasteiger partial charge < -0.3 is 10.7 Å². The quantitative estimate of drug-likeness (QED) is 0.855. The molecule has 0 aliphatic heterocycles. The fourth-order valence-electron chi connectivity index (χ4n) is 2.47. The lowest BCUT2D eigenvalue weighted by Crippen LogP contribution is -2.35. The van der Waals surface area contributed by atoms with Crippen molar-refractivity contribution in [2.24, 2.45) is 5.73 Å². The molecule has 118 valence electrons. The van der Waals surface area contributed by atoms with E-state index in [1.54, 1.807) is 0 Å². The summed E-state index contributed by atoms with van der Waals surface area (Å²) in [5.41, 5.74) is 7.80. The van der Waals surface area contributed by atoms with Gasteiger partial charge in [0.05, 0.1) is 0 Å². The van der Waals surface area contributed by atoms with Crippen molar-refractivity contribution in [1.82, 2.24) is 9.88 Å². The van der Waals surface area contributed by atoms with Crippen LogP contribution in [-0.2, 0) is 11.3 Å². The molecule has 3 N–H and O–H groups in total. The summed E-state index contributed by atoms with van der Waals surface area (Å²) in [6.45, 7) is 7.14. The number of carbonyl (C=O) groups is 1. The van der Waals surface area contributed by atoms with Crippen molar-refractivity contribution in [3.8, 4) is 0 Å². The van der Waals surface area contributed by atoms with Gasteiger partial charge in [0.25, 0.3) is 5.56 Å². The highest BCUT2D eigenvalue weighted by Crippen LogP contribution is 2.14. The molecule has 0 unspecified atom stereocenters. The van der Waals surface area contributed by atoms with Crippen LogP contribution < -0.4 is 11.3 Å². The van der Waals surface area contributed by atoms with Gasteiger partial charge in [-0.25, -0.2) is 0 Å².